The van der Waals surface area contributed by atoms with Crippen molar-refractivity contribution < 1.29 is 0 Å². The highest BCUT2D eigenvalue weighted by Crippen LogP contribution is 2.26. The highest BCUT2D eigenvalue weighted by molar-refractivity contribution is 8.08. The van der Waals surface area contributed by atoms with Crippen molar-refractivity contribution in [1.82, 2.24) is 0 Å². The molecule has 0 aliphatic carbocycles. The second-order valence-electron chi connectivity index (χ2n) is 3.39. The highest BCUT2D eigenvalue weighted by atomic mass is 32.2. The van der Waals surface area contributed by atoms with Gasteiger partial charge in [0.05, 0.1) is 0 Å². The molecule has 2 atom stereocenters. The summed E-state index contributed by atoms with van der Waals surface area (Å²) in [6.07, 6.45) is 0. The zero-order chi connectivity index (χ0) is 14.3. The van der Waals surface area contributed by atoms with Crippen molar-refractivity contribution in [3.8, 4) is 0 Å². The second kappa shape index (κ2) is 15.1. The lowest BCUT2D eigenvalue weighted by Gasteiger charge is -2.16. The average molecular weight is 351 g/mol. The van der Waals surface area contributed by atoms with E-state index in [-0.39, 0.29) is 0 Å². The molecule has 0 N–H and O–H groups in total. The summed E-state index contributed by atoms with van der Waals surface area (Å²) in [4.78, 5) is 0. The molecule has 5 heteroatoms. The Morgan fingerprint density at radius 1 is 0.632 bits per heavy atom. The summed E-state index contributed by atoms with van der Waals surface area (Å²) in [5.41, 5.74) is 0. The van der Waals surface area contributed by atoms with E-state index >= 15 is 0 Å². The standard InChI is InChI=1S/C14H22S5/c1-5-15-9-13(18-7-3)11-17-12-14(19-8-4)10-16-6-2/h5-8,13-14H,1-4,9-12H2. The Kier molecular flexibility index (Phi) is 15.7. The van der Waals surface area contributed by atoms with E-state index in [1.165, 1.54) is 0 Å². The molecule has 0 heterocycles. The van der Waals surface area contributed by atoms with Gasteiger partial charge in [-0.25, -0.2) is 0 Å². The minimum Gasteiger partial charge on any atom is -0.160 e. The molecular formula is C14H22S5. The van der Waals surface area contributed by atoms with Crippen LogP contribution in [0.25, 0.3) is 0 Å². The first kappa shape index (κ1) is 19.7. The van der Waals surface area contributed by atoms with E-state index in [0.29, 0.717) is 10.5 Å². The highest BCUT2D eigenvalue weighted by Gasteiger charge is 2.11. The van der Waals surface area contributed by atoms with Crippen molar-refractivity contribution in [3.63, 3.8) is 0 Å². The summed E-state index contributed by atoms with van der Waals surface area (Å²) >= 11 is 9.23. The molecule has 0 fully saturated rings. The van der Waals surface area contributed by atoms with Gasteiger partial charge in [0.15, 0.2) is 0 Å². The van der Waals surface area contributed by atoms with Crippen LogP contribution in [-0.2, 0) is 0 Å². The first-order valence-electron chi connectivity index (χ1n) is 5.83. The lowest BCUT2D eigenvalue weighted by molar-refractivity contribution is 1.12. The Labute approximate surface area is 139 Å². The number of hydrogen-bond donors (Lipinski definition) is 0. The van der Waals surface area contributed by atoms with Crippen molar-refractivity contribution in [3.05, 3.63) is 47.9 Å². The predicted molar refractivity (Wildman–Crippen MR) is 106 cm³/mol. The van der Waals surface area contributed by atoms with E-state index in [2.05, 4.69) is 26.3 Å². The average Bonchev–Trinajstić information content (AvgIpc) is 2.42. The summed E-state index contributed by atoms with van der Waals surface area (Å²) in [6, 6.07) is 0. The lowest BCUT2D eigenvalue weighted by atomic mass is 10.5. The molecule has 0 spiro atoms. The van der Waals surface area contributed by atoms with E-state index < -0.39 is 0 Å². The zero-order valence-electron chi connectivity index (χ0n) is 11.2. The predicted octanol–water partition coefficient (Wildman–Crippen LogP) is 5.96. The Hall–Kier alpha value is 0.710. The van der Waals surface area contributed by atoms with Gasteiger partial charge in [0.1, 0.15) is 0 Å². The molecule has 0 bridgehead atoms. The Morgan fingerprint density at radius 3 is 1.37 bits per heavy atom. The van der Waals surface area contributed by atoms with E-state index in [9.17, 15) is 0 Å². The van der Waals surface area contributed by atoms with E-state index in [4.69, 9.17) is 0 Å². The molecule has 108 valence electrons. The quantitative estimate of drug-likeness (QED) is 0.378. The molecule has 0 aromatic carbocycles. The van der Waals surface area contributed by atoms with Crippen molar-refractivity contribution in [2.75, 3.05) is 23.0 Å². The summed E-state index contributed by atoms with van der Waals surface area (Å²) < 4.78 is 0. The van der Waals surface area contributed by atoms with Gasteiger partial charge < -0.3 is 0 Å². The largest absolute Gasteiger partial charge is 0.160 e. The van der Waals surface area contributed by atoms with Crippen LogP contribution in [0.5, 0.6) is 0 Å². The minimum absolute atomic E-state index is 0.618. The first-order chi connectivity index (χ1) is 9.28. The summed E-state index contributed by atoms with van der Waals surface area (Å²) in [7, 11) is 0. The monoisotopic (exact) mass is 350 g/mol. The Bertz CT molecular complexity index is 239. The van der Waals surface area contributed by atoms with Gasteiger partial charge in [-0.1, -0.05) is 26.3 Å². The van der Waals surface area contributed by atoms with Crippen molar-refractivity contribution in [2.24, 2.45) is 0 Å². The summed E-state index contributed by atoms with van der Waals surface area (Å²) in [5.74, 6) is 4.52. The van der Waals surface area contributed by atoms with Crippen LogP contribution in [0.2, 0.25) is 0 Å². The number of thioether (sulfide) groups is 5. The van der Waals surface area contributed by atoms with Gasteiger partial charge >= 0.3 is 0 Å². The SMILES string of the molecule is C=CSCC(CSCC(CSC=C)SC=C)SC=C. The van der Waals surface area contributed by atoms with Crippen LogP contribution in [0.15, 0.2) is 47.9 Å². The van der Waals surface area contributed by atoms with Gasteiger partial charge in [-0.15, -0.1) is 47.0 Å². The van der Waals surface area contributed by atoms with Crippen molar-refractivity contribution in [2.45, 2.75) is 10.5 Å². The molecule has 0 aliphatic heterocycles. The summed E-state index contributed by atoms with van der Waals surface area (Å²) in [5, 5.41) is 8.95. The van der Waals surface area contributed by atoms with Gasteiger partial charge in [-0.05, 0) is 21.6 Å². The third-order valence-corrected chi connectivity index (χ3v) is 7.59. The van der Waals surface area contributed by atoms with Crippen molar-refractivity contribution in [1.29, 1.82) is 0 Å². The second-order valence-corrected chi connectivity index (χ2v) is 9.01. The molecule has 0 rings (SSSR count). The summed E-state index contributed by atoms with van der Waals surface area (Å²) in [6.45, 7) is 15.1. The van der Waals surface area contributed by atoms with Crippen LogP contribution in [0.3, 0.4) is 0 Å². The van der Waals surface area contributed by atoms with E-state index in [1.807, 2.05) is 56.9 Å². The van der Waals surface area contributed by atoms with Gasteiger partial charge in [0, 0.05) is 33.5 Å². The minimum atomic E-state index is 0.618. The smallest absolute Gasteiger partial charge is 0.0273 e. The molecule has 0 saturated heterocycles. The van der Waals surface area contributed by atoms with Crippen LogP contribution in [0.4, 0.5) is 0 Å². The maximum atomic E-state index is 3.81. The molecule has 0 amide bonds. The van der Waals surface area contributed by atoms with Gasteiger partial charge in [0.25, 0.3) is 0 Å². The van der Waals surface area contributed by atoms with Gasteiger partial charge in [0.2, 0.25) is 0 Å². The lowest BCUT2D eigenvalue weighted by Crippen LogP contribution is -2.13. The molecule has 0 aromatic rings. The van der Waals surface area contributed by atoms with Gasteiger partial charge in [-0.2, -0.15) is 11.8 Å². The zero-order valence-corrected chi connectivity index (χ0v) is 15.2. The van der Waals surface area contributed by atoms with Crippen LogP contribution >= 0.6 is 58.8 Å². The number of hydrogen-bond acceptors (Lipinski definition) is 5. The van der Waals surface area contributed by atoms with E-state index in [0.717, 1.165) is 23.0 Å². The van der Waals surface area contributed by atoms with Crippen LogP contribution in [-0.4, -0.2) is 33.5 Å². The maximum Gasteiger partial charge on any atom is 0.0273 e. The maximum absolute atomic E-state index is 3.81. The van der Waals surface area contributed by atoms with E-state index in [1.54, 1.807) is 23.5 Å². The fourth-order valence-corrected chi connectivity index (χ4v) is 6.19. The first-order valence-corrected chi connectivity index (χ1v) is 11.0. The van der Waals surface area contributed by atoms with Crippen molar-refractivity contribution >= 4 is 58.8 Å². The molecule has 2 unspecified atom stereocenters. The number of rotatable bonds is 14. The Morgan fingerprint density at radius 2 is 1.05 bits per heavy atom. The molecule has 0 aromatic heterocycles. The molecule has 0 nitrogen and oxygen atoms in total. The fourth-order valence-electron chi connectivity index (χ4n) is 1.21. The molecule has 0 aliphatic rings. The topological polar surface area (TPSA) is 0 Å². The fraction of sp³-hybridized carbons (Fsp3) is 0.429. The van der Waals surface area contributed by atoms with Crippen LogP contribution < -0.4 is 0 Å². The van der Waals surface area contributed by atoms with Gasteiger partial charge in [-0.3, -0.25) is 0 Å². The normalized spacial score (nSPS) is 13.5. The molecular weight excluding hydrogens is 328 g/mol. The molecule has 0 radical (unpaired) electrons. The molecule has 0 saturated carbocycles. The molecule has 19 heavy (non-hydrogen) atoms. The van der Waals surface area contributed by atoms with Crippen LogP contribution in [0.1, 0.15) is 0 Å². The van der Waals surface area contributed by atoms with Crippen LogP contribution in [0, 0.1) is 0 Å². The Balaban J connectivity index is 3.95. The third-order valence-electron chi connectivity index (χ3n) is 1.98. The third kappa shape index (κ3) is 12.2.